The number of nitrogens with one attached hydrogen (secondary N) is 1. The molecular weight excluding hydrogens is 344 g/mol. The average Bonchev–Trinajstić information content (AvgIpc) is 3.17. The van der Waals surface area contributed by atoms with Gasteiger partial charge in [-0.2, -0.15) is 9.78 Å². The summed E-state index contributed by atoms with van der Waals surface area (Å²) in [4.78, 5) is 17.4. The Labute approximate surface area is 155 Å². The van der Waals surface area contributed by atoms with E-state index in [-0.39, 0.29) is 5.91 Å². The van der Waals surface area contributed by atoms with E-state index in [1.54, 1.807) is 16.0 Å². The number of carbonyl (C=O) groups is 1. The number of aryl methyl sites for hydroxylation is 3. The predicted octanol–water partition coefficient (Wildman–Crippen LogP) is 4.66. The quantitative estimate of drug-likeness (QED) is 0.577. The summed E-state index contributed by atoms with van der Waals surface area (Å²) in [6.45, 7) is 5.86. The number of aromatic nitrogens is 3. The van der Waals surface area contributed by atoms with Crippen LogP contribution < -0.4 is 5.32 Å². The zero-order valence-electron chi connectivity index (χ0n) is 14.8. The molecule has 4 aromatic rings. The molecule has 0 fully saturated rings. The van der Waals surface area contributed by atoms with Gasteiger partial charge in [-0.3, -0.25) is 4.79 Å². The van der Waals surface area contributed by atoms with Crippen molar-refractivity contribution in [3.8, 4) is 5.13 Å². The van der Waals surface area contributed by atoms with Gasteiger partial charge < -0.3 is 5.32 Å². The molecule has 1 amide bonds. The molecule has 0 unspecified atom stereocenters. The second-order valence-corrected chi connectivity index (χ2v) is 7.33. The number of hydrogen-bond donors (Lipinski definition) is 1. The highest BCUT2D eigenvalue weighted by Crippen LogP contribution is 2.27. The summed E-state index contributed by atoms with van der Waals surface area (Å²) >= 11 is 1.54. The van der Waals surface area contributed by atoms with Crippen LogP contribution in [-0.4, -0.2) is 20.7 Å². The SMILES string of the molecule is Cc1ccc(C(=O)Nc2cc(C)nn2-c2nc3ccccc3s2)c(C)c1. The zero-order chi connectivity index (χ0) is 18.3. The van der Waals surface area contributed by atoms with Crippen LogP contribution in [0.15, 0.2) is 48.5 Å². The molecule has 0 aliphatic carbocycles. The van der Waals surface area contributed by atoms with Crippen molar-refractivity contribution in [3.63, 3.8) is 0 Å². The number of anilines is 1. The zero-order valence-corrected chi connectivity index (χ0v) is 15.6. The average molecular weight is 362 g/mol. The van der Waals surface area contributed by atoms with Crippen molar-refractivity contribution in [2.24, 2.45) is 0 Å². The first kappa shape index (κ1) is 16.5. The van der Waals surface area contributed by atoms with Crippen LogP contribution in [0.2, 0.25) is 0 Å². The van der Waals surface area contributed by atoms with Gasteiger partial charge in [-0.15, -0.1) is 0 Å². The molecule has 1 N–H and O–H groups in total. The highest BCUT2D eigenvalue weighted by atomic mass is 32.1. The molecule has 130 valence electrons. The molecule has 0 saturated carbocycles. The molecule has 2 heterocycles. The van der Waals surface area contributed by atoms with Gasteiger partial charge in [0.05, 0.1) is 15.9 Å². The Hall–Kier alpha value is -2.99. The van der Waals surface area contributed by atoms with Gasteiger partial charge in [-0.1, -0.05) is 41.2 Å². The number of thiazole rings is 1. The number of hydrogen-bond acceptors (Lipinski definition) is 4. The van der Waals surface area contributed by atoms with Crippen molar-refractivity contribution in [1.29, 1.82) is 0 Å². The van der Waals surface area contributed by atoms with Gasteiger partial charge in [-0.05, 0) is 44.5 Å². The summed E-state index contributed by atoms with van der Waals surface area (Å²) in [6, 6.07) is 15.6. The molecule has 26 heavy (non-hydrogen) atoms. The van der Waals surface area contributed by atoms with Gasteiger partial charge in [-0.25, -0.2) is 4.98 Å². The minimum atomic E-state index is -0.148. The normalized spacial score (nSPS) is 11.0. The number of benzene rings is 2. The first-order valence-electron chi connectivity index (χ1n) is 8.32. The van der Waals surface area contributed by atoms with Crippen LogP contribution in [0, 0.1) is 20.8 Å². The van der Waals surface area contributed by atoms with Crippen molar-refractivity contribution in [2.75, 3.05) is 5.32 Å². The van der Waals surface area contributed by atoms with Crippen molar-refractivity contribution in [3.05, 3.63) is 70.9 Å². The van der Waals surface area contributed by atoms with E-state index in [1.807, 2.05) is 69.3 Å². The second-order valence-electron chi connectivity index (χ2n) is 6.32. The minimum Gasteiger partial charge on any atom is -0.306 e. The summed E-state index contributed by atoms with van der Waals surface area (Å²) < 4.78 is 2.78. The lowest BCUT2D eigenvalue weighted by Crippen LogP contribution is -2.16. The fourth-order valence-corrected chi connectivity index (χ4v) is 3.87. The fourth-order valence-electron chi connectivity index (χ4n) is 2.94. The molecule has 5 nitrogen and oxygen atoms in total. The summed E-state index contributed by atoms with van der Waals surface area (Å²) in [5, 5.41) is 8.22. The monoisotopic (exact) mass is 362 g/mol. The molecule has 0 aliphatic rings. The van der Waals surface area contributed by atoms with Crippen LogP contribution in [0.3, 0.4) is 0 Å². The van der Waals surface area contributed by atoms with E-state index in [9.17, 15) is 4.79 Å². The van der Waals surface area contributed by atoms with Gasteiger partial charge >= 0.3 is 0 Å². The van der Waals surface area contributed by atoms with Gasteiger partial charge in [0.15, 0.2) is 0 Å². The molecule has 0 atom stereocenters. The molecule has 0 radical (unpaired) electrons. The summed E-state index contributed by atoms with van der Waals surface area (Å²) in [5.74, 6) is 0.469. The molecule has 0 saturated heterocycles. The number of nitrogens with zero attached hydrogens (tertiary/aromatic N) is 3. The number of carbonyl (C=O) groups excluding carboxylic acids is 1. The maximum atomic E-state index is 12.7. The standard InChI is InChI=1S/C20H18N4OS/c1-12-8-9-15(13(2)10-12)19(25)22-18-11-14(3)23-24(18)20-21-16-6-4-5-7-17(16)26-20/h4-11H,1-3H3,(H,22,25). The lowest BCUT2D eigenvalue weighted by Gasteiger charge is -2.09. The van der Waals surface area contributed by atoms with Gasteiger partial charge in [0.25, 0.3) is 5.91 Å². The number of rotatable bonds is 3. The maximum Gasteiger partial charge on any atom is 0.257 e. The number of fused-ring (bicyclic) bond motifs is 1. The van der Waals surface area contributed by atoms with Gasteiger partial charge in [0.2, 0.25) is 5.13 Å². The van der Waals surface area contributed by atoms with E-state index in [0.29, 0.717) is 11.4 Å². The lowest BCUT2D eigenvalue weighted by molar-refractivity contribution is 0.102. The Morgan fingerprint density at radius 3 is 2.65 bits per heavy atom. The molecule has 6 heteroatoms. The molecule has 4 rings (SSSR count). The Balaban J connectivity index is 1.70. The van der Waals surface area contributed by atoms with Gasteiger partial charge in [0.1, 0.15) is 5.82 Å². The summed E-state index contributed by atoms with van der Waals surface area (Å²) in [7, 11) is 0. The highest BCUT2D eigenvalue weighted by molar-refractivity contribution is 7.20. The van der Waals surface area contributed by atoms with E-state index >= 15 is 0 Å². The molecule has 2 aromatic carbocycles. The van der Waals surface area contributed by atoms with Crippen LogP contribution in [0.1, 0.15) is 27.2 Å². The Morgan fingerprint density at radius 2 is 1.88 bits per heavy atom. The predicted molar refractivity (Wildman–Crippen MR) is 105 cm³/mol. The Bertz CT molecular complexity index is 1090. The van der Waals surface area contributed by atoms with Gasteiger partial charge in [0, 0.05) is 11.6 Å². The van der Waals surface area contributed by atoms with E-state index in [2.05, 4.69) is 15.4 Å². The molecule has 0 spiro atoms. The molecular formula is C20H18N4OS. The van der Waals surface area contributed by atoms with Crippen molar-refractivity contribution in [1.82, 2.24) is 14.8 Å². The minimum absolute atomic E-state index is 0.148. The number of para-hydroxylation sites is 1. The number of amides is 1. The Kier molecular flexibility index (Phi) is 4.05. The van der Waals surface area contributed by atoms with E-state index < -0.39 is 0 Å². The topological polar surface area (TPSA) is 59.8 Å². The van der Waals surface area contributed by atoms with Crippen LogP contribution in [-0.2, 0) is 0 Å². The third-order valence-electron chi connectivity index (χ3n) is 4.16. The van der Waals surface area contributed by atoms with Crippen molar-refractivity contribution >= 4 is 33.3 Å². The van der Waals surface area contributed by atoms with Crippen molar-refractivity contribution < 1.29 is 4.79 Å². The summed E-state index contributed by atoms with van der Waals surface area (Å²) in [6.07, 6.45) is 0. The lowest BCUT2D eigenvalue weighted by atomic mass is 10.1. The van der Waals surface area contributed by atoms with Crippen LogP contribution >= 0.6 is 11.3 Å². The Morgan fingerprint density at radius 1 is 1.08 bits per heavy atom. The first-order valence-corrected chi connectivity index (χ1v) is 9.14. The van der Waals surface area contributed by atoms with E-state index in [4.69, 9.17) is 0 Å². The van der Waals surface area contributed by atoms with Crippen LogP contribution in [0.25, 0.3) is 15.3 Å². The summed E-state index contributed by atoms with van der Waals surface area (Å²) in [5.41, 5.74) is 4.48. The van der Waals surface area contributed by atoms with Crippen molar-refractivity contribution in [2.45, 2.75) is 20.8 Å². The fraction of sp³-hybridized carbons (Fsp3) is 0.150. The second kappa shape index (κ2) is 6.38. The van der Waals surface area contributed by atoms with Crippen LogP contribution in [0.5, 0.6) is 0 Å². The molecule has 2 aromatic heterocycles. The largest absolute Gasteiger partial charge is 0.306 e. The third-order valence-corrected chi connectivity index (χ3v) is 5.18. The molecule has 0 aliphatic heterocycles. The maximum absolute atomic E-state index is 12.7. The smallest absolute Gasteiger partial charge is 0.257 e. The van der Waals surface area contributed by atoms with Crippen LogP contribution in [0.4, 0.5) is 5.82 Å². The van der Waals surface area contributed by atoms with E-state index in [1.165, 1.54) is 0 Å². The third kappa shape index (κ3) is 2.99. The first-order chi connectivity index (χ1) is 12.5. The van der Waals surface area contributed by atoms with E-state index in [0.717, 1.165) is 32.2 Å². The highest BCUT2D eigenvalue weighted by Gasteiger charge is 2.16. The molecule has 0 bridgehead atoms.